The largest absolute Gasteiger partial charge is 0.497 e. The van der Waals surface area contributed by atoms with Crippen LogP contribution >= 0.6 is 34.9 Å². The van der Waals surface area contributed by atoms with E-state index in [0.717, 1.165) is 23.5 Å². The second kappa shape index (κ2) is 9.41. The Morgan fingerprint density at radius 3 is 2.77 bits per heavy atom. The van der Waals surface area contributed by atoms with Crippen molar-refractivity contribution in [3.05, 3.63) is 45.3 Å². The first kappa shape index (κ1) is 21.8. The number of benzene rings is 1. The molecule has 4 rings (SSSR count). The van der Waals surface area contributed by atoms with Crippen molar-refractivity contribution in [3.8, 4) is 11.4 Å². The summed E-state index contributed by atoms with van der Waals surface area (Å²) in [5, 5.41) is 12.9. The number of aromatic nitrogens is 4. The number of hydrogen-bond donors (Lipinski definition) is 1. The molecule has 1 unspecified atom stereocenters. The van der Waals surface area contributed by atoms with E-state index < -0.39 is 0 Å². The number of amides is 1. The molecule has 1 aliphatic heterocycles. The van der Waals surface area contributed by atoms with Gasteiger partial charge in [-0.3, -0.25) is 19.5 Å². The fourth-order valence-electron chi connectivity index (χ4n) is 3.09. The van der Waals surface area contributed by atoms with E-state index in [9.17, 15) is 9.59 Å². The average molecular weight is 476 g/mol. The van der Waals surface area contributed by atoms with Crippen molar-refractivity contribution in [1.82, 2.24) is 19.7 Å². The maximum absolute atomic E-state index is 13.3. The predicted octanol–water partition coefficient (Wildman–Crippen LogP) is 3.42. The lowest BCUT2D eigenvalue weighted by Crippen LogP contribution is -2.24. The average Bonchev–Trinajstić information content (AvgIpc) is 3.38. The molecule has 1 N–H and O–H groups in total. The quantitative estimate of drug-likeness (QED) is 0.410. The van der Waals surface area contributed by atoms with Crippen LogP contribution in [0.25, 0.3) is 5.69 Å². The minimum Gasteiger partial charge on any atom is -0.497 e. The number of hydrogen-bond acceptors (Lipinski definition) is 9. The van der Waals surface area contributed by atoms with E-state index in [1.165, 1.54) is 23.1 Å². The summed E-state index contributed by atoms with van der Waals surface area (Å²) in [6.07, 6.45) is 1.51. The fraction of sp³-hybridized carbons (Fsp3) is 0.350. The number of fused-ring (bicyclic) bond motifs is 1. The van der Waals surface area contributed by atoms with Crippen LogP contribution in [0, 0.1) is 0 Å². The van der Waals surface area contributed by atoms with Gasteiger partial charge < -0.3 is 4.74 Å². The van der Waals surface area contributed by atoms with Gasteiger partial charge in [-0.2, -0.15) is 0 Å². The van der Waals surface area contributed by atoms with E-state index in [1.54, 1.807) is 35.6 Å². The van der Waals surface area contributed by atoms with Crippen molar-refractivity contribution >= 4 is 45.9 Å². The number of carbonyl (C=O) groups is 1. The first-order valence-corrected chi connectivity index (χ1v) is 12.4. The molecule has 162 valence electrons. The highest BCUT2D eigenvalue weighted by Crippen LogP contribution is 2.35. The lowest BCUT2D eigenvalue weighted by atomic mass is 10.2. The molecule has 1 aliphatic rings. The lowest BCUT2D eigenvalue weighted by molar-refractivity contribution is -0.113. The van der Waals surface area contributed by atoms with Gasteiger partial charge >= 0.3 is 0 Å². The van der Waals surface area contributed by atoms with Crippen LogP contribution in [0.5, 0.6) is 5.75 Å². The molecule has 2 aromatic heterocycles. The Kier molecular flexibility index (Phi) is 6.63. The smallest absolute Gasteiger partial charge is 0.272 e. The molecular formula is C20H21N5O3S3. The molecule has 1 amide bonds. The molecule has 11 heteroatoms. The second-order valence-electron chi connectivity index (χ2n) is 6.83. The summed E-state index contributed by atoms with van der Waals surface area (Å²) in [7, 11) is 1.59. The number of anilines is 1. The van der Waals surface area contributed by atoms with Crippen molar-refractivity contribution in [2.45, 2.75) is 42.0 Å². The van der Waals surface area contributed by atoms with Crippen molar-refractivity contribution in [1.29, 1.82) is 0 Å². The van der Waals surface area contributed by atoms with E-state index >= 15 is 0 Å². The molecular weight excluding hydrogens is 454 g/mol. The van der Waals surface area contributed by atoms with E-state index in [1.807, 2.05) is 19.1 Å². The molecule has 3 aromatic rings. The van der Waals surface area contributed by atoms with Gasteiger partial charge in [0.05, 0.1) is 29.1 Å². The number of thioether (sulfide) groups is 2. The van der Waals surface area contributed by atoms with E-state index in [2.05, 4.69) is 22.4 Å². The Bertz CT molecular complexity index is 1160. The summed E-state index contributed by atoms with van der Waals surface area (Å²) in [6.45, 7) is 4.06. The summed E-state index contributed by atoms with van der Waals surface area (Å²) in [5.74, 6) is 0.582. The highest BCUT2D eigenvalue weighted by atomic mass is 32.2. The minimum absolute atomic E-state index is 0.102. The summed E-state index contributed by atoms with van der Waals surface area (Å²) in [6, 6.07) is 7.23. The maximum Gasteiger partial charge on any atom is 0.272 e. The molecule has 0 radical (unpaired) electrons. The SMILES string of the molecule is CCc1nnc(NC(=O)CSc2nc3c(c(=O)n2-c2ccc(OC)cc2)SC(C)C3)s1. The van der Waals surface area contributed by atoms with Gasteiger partial charge in [0.2, 0.25) is 11.0 Å². The zero-order valence-corrected chi connectivity index (χ0v) is 19.7. The monoisotopic (exact) mass is 475 g/mol. The molecule has 1 atom stereocenters. The molecule has 0 spiro atoms. The van der Waals surface area contributed by atoms with Crippen LogP contribution in [-0.4, -0.2) is 43.8 Å². The van der Waals surface area contributed by atoms with Crippen LogP contribution in [0.1, 0.15) is 24.5 Å². The molecule has 1 aromatic carbocycles. The topological polar surface area (TPSA) is 99.0 Å². The number of carbonyl (C=O) groups excluding carboxylic acids is 1. The Balaban J connectivity index is 1.61. The van der Waals surface area contributed by atoms with Gasteiger partial charge in [0.25, 0.3) is 5.56 Å². The van der Waals surface area contributed by atoms with Crippen LogP contribution in [0.2, 0.25) is 0 Å². The number of rotatable bonds is 7. The molecule has 0 saturated carbocycles. The summed E-state index contributed by atoms with van der Waals surface area (Å²) in [5.41, 5.74) is 1.37. The van der Waals surface area contributed by atoms with Gasteiger partial charge in [0.15, 0.2) is 5.16 Å². The van der Waals surface area contributed by atoms with Crippen LogP contribution in [-0.2, 0) is 17.6 Å². The molecule has 31 heavy (non-hydrogen) atoms. The molecule has 0 fully saturated rings. The highest BCUT2D eigenvalue weighted by molar-refractivity contribution is 8.00. The van der Waals surface area contributed by atoms with E-state index in [4.69, 9.17) is 9.72 Å². The second-order valence-corrected chi connectivity index (χ2v) is 10.3. The van der Waals surface area contributed by atoms with Gasteiger partial charge in [0.1, 0.15) is 10.8 Å². The third-order valence-electron chi connectivity index (χ3n) is 4.56. The standard InChI is InChI=1S/C20H21N5O3S3/c1-4-16-23-24-19(31-16)22-15(26)10-29-20-21-14-9-11(2)30-17(14)18(27)25(20)12-5-7-13(28-3)8-6-12/h5-8,11H,4,9-10H2,1-3H3,(H,22,24,26). The van der Waals surface area contributed by atoms with Crippen molar-refractivity contribution in [2.24, 2.45) is 0 Å². The van der Waals surface area contributed by atoms with Gasteiger partial charge in [-0.15, -0.1) is 22.0 Å². The normalized spacial score (nSPS) is 15.0. The Labute approximate surface area is 191 Å². The van der Waals surface area contributed by atoms with Crippen LogP contribution in [0.4, 0.5) is 5.13 Å². The summed E-state index contributed by atoms with van der Waals surface area (Å²) in [4.78, 5) is 31.2. The van der Waals surface area contributed by atoms with Crippen molar-refractivity contribution < 1.29 is 9.53 Å². The first-order chi connectivity index (χ1) is 15.0. The lowest BCUT2D eigenvalue weighted by Gasteiger charge is -2.14. The van der Waals surface area contributed by atoms with Crippen LogP contribution < -0.4 is 15.6 Å². The highest BCUT2D eigenvalue weighted by Gasteiger charge is 2.27. The third-order valence-corrected chi connectivity index (χ3v) is 7.70. The number of aryl methyl sites for hydroxylation is 1. The minimum atomic E-state index is -0.220. The van der Waals surface area contributed by atoms with Gasteiger partial charge in [0, 0.05) is 11.7 Å². The number of nitrogens with one attached hydrogen (secondary N) is 1. The predicted molar refractivity (Wildman–Crippen MR) is 124 cm³/mol. The molecule has 0 saturated heterocycles. The van der Waals surface area contributed by atoms with Gasteiger partial charge in [-0.25, -0.2) is 4.98 Å². The Hall–Kier alpha value is -2.37. The third kappa shape index (κ3) is 4.78. The molecule has 0 aliphatic carbocycles. The van der Waals surface area contributed by atoms with Gasteiger partial charge in [-0.05, 0) is 30.7 Å². The van der Waals surface area contributed by atoms with E-state index in [-0.39, 0.29) is 17.2 Å². The van der Waals surface area contributed by atoms with Crippen molar-refractivity contribution in [2.75, 3.05) is 18.2 Å². The van der Waals surface area contributed by atoms with Gasteiger partial charge in [-0.1, -0.05) is 36.9 Å². The van der Waals surface area contributed by atoms with Crippen molar-refractivity contribution in [3.63, 3.8) is 0 Å². The number of methoxy groups -OCH3 is 1. The first-order valence-electron chi connectivity index (χ1n) is 9.70. The Morgan fingerprint density at radius 2 is 2.10 bits per heavy atom. The Morgan fingerprint density at radius 1 is 1.32 bits per heavy atom. The zero-order valence-electron chi connectivity index (χ0n) is 17.2. The maximum atomic E-state index is 13.3. The van der Waals surface area contributed by atoms with Crippen LogP contribution in [0.15, 0.2) is 39.1 Å². The summed E-state index contributed by atoms with van der Waals surface area (Å²) >= 11 is 4.14. The molecule has 0 bridgehead atoms. The zero-order chi connectivity index (χ0) is 22.0. The number of nitrogens with zero attached hydrogens (tertiary/aromatic N) is 4. The fourth-order valence-corrected chi connectivity index (χ4v) is 5.71. The summed E-state index contributed by atoms with van der Waals surface area (Å²) < 4.78 is 6.79. The molecule has 8 nitrogen and oxygen atoms in total. The van der Waals surface area contributed by atoms with Crippen LogP contribution in [0.3, 0.4) is 0 Å². The molecule has 3 heterocycles. The number of ether oxygens (including phenoxy) is 1. The van der Waals surface area contributed by atoms with E-state index in [0.29, 0.717) is 31.9 Å².